The molecular weight excluding hydrogens is 339 g/mol. The van der Waals surface area contributed by atoms with E-state index in [1.165, 1.54) is 24.3 Å². The molecule has 1 aliphatic carbocycles. The molecule has 136 valence electrons. The van der Waals surface area contributed by atoms with Crippen LogP contribution >= 0.6 is 0 Å². The van der Waals surface area contributed by atoms with Crippen LogP contribution in [0.3, 0.4) is 0 Å². The SMILES string of the molecule is CCOC(=O)[C@@H]1C(=O)C=C(Nc2cccc(OC(F)(F)F)c2)C[C@H]1C. The Labute approximate surface area is 142 Å². The van der Waals surface area contributed by atoms with Gasteiger partial charge < -0.3 is 14.8 Å². The van der Waals surface area contributed by atoms with Crippen LogP contribution in [-0.2, 0) is 14.3 Å². The smallest absolute Gasteiger partial charge is 0.465 e. The van der Waals surface area contributed by atoms with Gasteiger partial charge in [0.05, 0.1) is 6.61 Å². The Morgan fingerprint density at radius 1 is 1.36 bits per heavy atom. The highest BCUT2D eigenvalue weighted by Crippen LogP contribution is 2.30. The van der Waals surface area contributed by atoms with Gasteiger partial charge in [-0.3, -0.25) is 9.59 Å². The van der Waals surface area contributed by atoms with Gasteiger partial charge in [0, 0.05) is 23.5 Å². The number of carbonyl (C=O) groups excluding carboxylic acids is 2. The van der Waals surface area contributed by atoms with Gasteiger partial charge in [0.2, 0.25) is 0 Å². The van der Waals surface area contributed by atoms with Crippen LogP contribution in [0.5, 0.6) is 5.75 Å². The number of alkyl halides is 3. The number of rotatable bonds is 5. The molecule has 0 amide bonds. The number of nitrogens with one attached hydrogen (secondary N) is 1. The second-order valence-corrected chi connectivity index (χ2v) is 5.68. The Morgan fingerprint density at radius 3 is 2.68 bits per heavy atom. The summed E-state index contributed by atoms with van der Waals surface area (Å²) in [5.41, 5.74) is 0.866. The minimum absolute atomic E-state index is 0.191. The van der Waals surface area contributed by atoms with Gasteiger partial charge in [0.1, 0.15) is 11.7 Å². The molecule has 25 heavy (non-hydrogen) atoms. The predicted octanol–water partition coefficient (Wildman–Crippen LogP) is 3.67. The van der Waals surface area contributed by atoms with Crippen molar-refractivity contribution in [2.45, 2.75) is 26.6 Å². The molecule has 0 aromatic heterocycles. The first kappa shape index (κ1) is 18.8. The molecule has 0 saturated heterocycles. The molecule has 0 fully saturated rings. The number of halogens is 3. The van der Waals surface area contributed by atoms with Crippen molar-refractivity contribution >= 4 is 17.4 Å². The topological polar surface area (TPSA) is 64.6 Å². The molecule has 2 rings (SSSR count). The van der Waals surface area contributed by atoms with Gasteiger partial charge in [-0.2, -0.15) is 0 Å². The Hall–Kier alpha value is -2.51. The fraction of sp³-hybridized carbons (Fsp3) is 0.412. The minimum Gasteiger partial charge on any atom is -0.465 e. The summed E-state index contributed by atoms with van der Waals surface area (Å²) in [6, 6.07) is 5.31. The number of ketones is 1. The first-order chi connectivity index (χ1) is 11.7. The van der Waals surface area contributed by atoms with Crippen molar-refractivity contribution < 1.29 is 32.2 Å². The average molecular weight is 357 g/mol. The average Bonchev–Trinajstić information content (AvgIpc) is 2.45. The van der Waals surface area contributed by atoms with E-state index in [2.05, 4.69) is 10.1 Å². The van der Waals surface area contributed by atoms with Crippen LogP contribution in [0.25, 0.3) is 0 Å². The predicted molar refractivity (Wildman–Crippen MR) is 83.7 cm³/mol. The molecule has 0 saturated carbocycles. The number of anilines is 1. The summed E-state index contributed by atoms with van der Waals surface area (Å²) in [5, 5.41) is 2.90. The van der Waals surface area contributed by atoms with Gasteiger partial charge in [-0.05, 0) is 31.4 Å². The van der Waals surface area contributed by atoms with Crippen LogP contribution < -0.4 is 10.1 Å². The highest BCUT2D eigenvalue weighted by atomic mass is 19.4. The van der Waals surface area contributed by atoms with Crippen LogP contribution in [0, 0.1) is 11.8 Å². The molecule has 1 aromatic carbocycles. The maximum absolute atomic E-state index is 12.3. The molecule has 2 atom stereocenters. The van der Waals surface area contributed by atoms with Crippen LogP contribution in [0.4, 0.5) is 18.9 Å². The summed E-state index contributed by atoms with van der Waals surface area (Å²) in [5.74, 6) is -2.45. The van der Waals surface area contributed by atoms with Crippen LogP contribution in [0.15, 0.2) is 36.0 Å². The molecule has 0 unspecified atom stereocenters. The van der Waals surface area contributed by atoms with E-state index in [0.29, 0.717) is 17.8 Å². The van der Waals surface area contributed by atoms with Crippen LogP contribution in [-0.4, -0.2) is 24.7 Å². The third-order valence-corrected chi connectivity index (χ3v) is 3.65. The number of benzene rings is 1. The van der Waals surface area contributed by atoms with Gasteiger partial charge in [0.15, 0.2) is 5.78 Å². The minimum atomic E-state index is -4.78. The Kier molecular flexibility index (Phi) is 5.71. The monoisotopic (exact) mass is 357 g/mol. The van der Waals surface area contributed by atoms with E-state index in [9.17, 15) is 22.8 Å². The number of hydrogen-bond donors (Lipinski definition) is 1. The molecule has 1 aliphatic rings. The lowest BCUT2D eigenvalue weighted by atomic mass is 9.82. The first-order valence-electron chi connectivity index (χ1n) is 7.73. The zero-order chi connectivity index (χ0) is 18.6. The largest absolute Gasteiger partial charge is 0.573 e. The van der Waals surface area contributed by atoms with E-state index in [0.717, 1.165) is 0 Å². The van der Waals surface area contributed by atoms with Crippen molar-refractivity contribution in [1.82, 2.24) is 0 Å². The Morgan fingerprint density at radius 2 is 2.08 bits per heavy atom. The molecular formula is C17H18F3NO4. The summed E-state index contributed by atoms with van der Waals surface area (Å²) < 4.78 is 45.6. The highest BCUT2D eigenvalue weighted by molar-refractivity contribution is 6.06. The summed E-state index contributed by atoms with van der Waals surface area (Å²) >= 11 is 0. The summed E-state index contributed by atoms with van der Waals surface area (Å²) in [6.45, 7) is 3.60. The van der Waals surface area contributed by atoms with E-state index in [-0.39, 0.29) is 24.1 Å². The van der Waals surface area contributed by atoms with Gasteiger partial charge >= 0.3 is 12.3 Å². The lowest BCUT2D eigenvalue weighted by molar-refractivity contribution is -0.274. The zero-order valence-corrected chi connectivity index (χ0v) is 13.7. The maximum atomic E-state index is 12.3. The highest BCUT2D eigenvalue weighted by Gasteiger charge is 2.36. The van der Waals surface area contributed by atoms with Crippen molar-refractivity contribution in [2.75, 3.05) is 11.9 Å². The van der Waals surface area contributed by atoms with Crippen molar-refractivity contribution in [3.63, 3.8) is 0 Å². The number of hydrogen-bond acceptors (Lipinski definition) is 5. The fourth-order valence-corrected chi connectivity index (χ4v) is 2.69. The zero-order valence-electron chi connectivity index (χ0n) is 13.7. The summed E-state index contributed by atoms with van der Waals surface area (Å²) in [7, 11) is 0. The second kappa shape index (κ2) is 7.58. The maximum Gasteiger partial charge on any atom is 0.573 e. The van der Waals surface area contributed by atoms with E-state index < -0.39 is 18.2 Å². The molecule has 5 nitrogen and oxygen atoms in total. The van der Waals surface area contributed by atoms with Crippen molar-refractivity contribution in [3.8, 4) is 5.75 Å². The lowest BCUT2D eigenvalue weighted by Gasteiger charge is -2.26. The van der Waals surface area contributed by atoms with Crippen LogP contribution in [0.1, 0.15) is 20.3 Å². The van der Waals surface area contributed by atoms with Crippen molar-refractivity contribution in [1.29, 1.82) is 0 Å². The summed E-state index contributed by atoms with van der Waals surface area (Å²) in [4.78, 5) is 24.0. The number of carbonyl (C=O) groups is 2. The first-order valence-corrected chi connectivity index (χ1v) is 7.73. The van der Waals surface area contributed by atoms with Gasteiger partial charge in [-0.1, -0.05) is 13.0 Å². The van der Waals surface area contributed by atoms with Crippen molar-refractivity contribution in [3.05, 3.63) is 36.0 Å². The fourth-order valence-electron chi connectivity index (χ4n) is 2.69. The lowest BCUT2D eigenvalue weighted by Crippen LogP contribution is -2.35. The molecule has 0 bridgehead atoms. The number of ether oxygens (including phenoxy) is 2. The van der Waals surface area contributed by atoms with E-state index in [1.807, 2.05) is 0 Å². The third kappa shape index (κ3) is 5.23. The molecule has 1 aromatic rings. The molecule has 1 N–H and O–H groups in total. The third-order valence-electron chi connectivity index (χ3n) is 3.65. The van der Waals surface area contributed by atoms with E-state index >= 15 is 0 Å². The Bertz CT molecular complexity index is 685. The molecule has 0 spiro atoms. The standard InChI is InChI=1S/C17H18F3NO4/c1-3-24-16(23)15-10(2)7-12(9-14(15)22)21-11-5-4-6-13(8-11)25-17(18,19)20/h4-6,8-10,15,21H,3,7H2,1-2H3/t10-,15+/m1/s1. The molecule has 0 heterocycles. The normalized spacial score (nSPS) is 20.7. The van der Waals surface area contributed by atoms with Gasteiger partial charge in [-0.15, -0.1) is 13.2 Å². The summed E-state index contributed by atoms with van der Waals surface area (Å²) in [6.07, 6.45) is -3.10. The molecule has 0 radical (unpaired) electrons. The van der Waals surface area contributed by atoms with Crippen molar-refractivity contribution in [2.24, 2.45) is 11.8 Å². The molecule has 8 heteroatoms. The van der Waals surface area contributed by atoms with E-state index in [1.54, 1.807) is 19.9 Å². The van der Waals surface area contributed by atoms with Gasteiger partial charge in [-0.25, -0.2) is 0 Å². The Balaban J connectivity index is 2.11. The number of esters is 1. The molecule has 0 aliphatic heterocycles. The number of allylic oxidation sites excluding steroid dienone is 2. The second-order valence-electron chi connectivity index (χ2n) is 5.68. The van der Waals surface area contributed by atoms with Crippen LogP contribution in [0.2, 0.25) is 0 Å². The van der Waals surface area contributed by atoms with E-state index in [4.69, 9.17) is 4.74 Å². The van der Waals surface area contributed by atoms with Gasteiger partial charge in [0.25, 0.3) is 0 Å². The quantitative estimate of drug-likeness (QED) is 0.643.